The predicted molar refractivity (Wildman–Crippen MR) is 76.3 cm³/mol. The number of nitrogens with zero attached hydrogens (tertiary/aromatic N) is 3. The number of halogens is 1. The van der Waals surface area contributed by atoms with Gasteiger partial charge >= 0.3 is 0 Å². The van der Waals surface area contributed by atoms with Crippen LogP contribution in [0.4, 0.5) is 0 Å². The van der Waals surface area contributed by atoms with E-state index in [4.69, 9.17) is 5.26 Å². The third-order valence-electron chi connectivity index (χ3n) is 3.39. The molecule has 1 atom stereocenters. The van der Waals surface area contributed by atoms with Crippen LogP contribution in [0.2, 0.25) is 0 Å². The van der Waals surface area contributed by atoms with Crippen molar-refractivity contribution in [2.24, 2.45) is 0 Å². The average molecular weight is 313 g/mol. The Hall–Kier alpha value is -0.860. The molecular formula is C13H21BrN4. The van der Waals surface area contributed by atoms with Crippen LogP contribution in [-0.4, -0.2) is 22.4 Å². The van der Waals surface area contributed by atoms with E-state index < -0.39 is 5.54 Å². The summed E-state index contributed by atoms with van der Waals surface area (Å²) in [6.07, 6.45) is 2.91. The number of hydrogen-bond acceptors (Lipinski definition) is 3. The summed E-state index contributed by atoms with van der Waals surface area (Å²) in [6, 6.07) is 2.31. The molecule has 18 heavy (non-hydrogen) atoms. The van der Waals surface area contributed by atoms with E-state index in [0.717, 1.165) is 36.0 Å². The fourth-order valence-electron chi connectivity index (χ4n) is 1.87. The number of hydrogen-bond donors (Lipinski definition) is 1. The molecule has 4 nitrogen and oxygen atoms in total. The molecule has 1 rings (SSSR count). The van der Waals surface area contributed by atoms with Crippen molar-refractivity contribution in [3.63, 3.8) is 0 Å². The number of nitriles is 1. The summed E-state index contributed by atoms with van der Waals surface area (Å²) in [5, 5.41) is 16.6. The Labute approximate surface area is 117 Å². The number of aryl methyl sites for hydroxylation is 2. The van der Waals surface area contributed by atoms with E-state index in [0.29, 0.717) is 0 Å². The highest BCUT2D eigenvalue weighted by molar-refractivity contribution is 9.10. The second-order valence-corrected chi connectivity index (χ2v) is 5.65. The third-order valence-corrected chi connectivity index (χ3v) is 4.54. The quantitative estimate of drug-likeness (QED) is 0.822. The summed E-state index contributed by atoms with van der Waals surface area (Å²) in [5.74, 6) is 0. The Balaban J connectivity index is 2.44. The van der Waals surface area contributed by atoms with Crippen molar-refractivity contribution in [2.75, 3.05) is 7.05 Å². The Morgan fingerprint density at radius 2 is 2.11 bits per heavy atom. The first-order valence-corrected chi connectivity index (χ1v) is 7.02. The van der Waals surface area contributed by atoms with Crippen molar-refractivity contribution < 1.29 is 0 Å². The lowest BCUT2D eigenvalue weighted by Crippen LogP contribution is -2.37. The minimum atomic E-state index is -0.407. The summed E-state index contributed by atoms with van der Waals surface area (Å²) in [4.78, 5) is 0. The second-order valence-electron chi connectivity index (χ2n) is 4.86. The SMILES string of the molecule is CNC(C)(C#N)CCCCn1nc(C)c(Br)c1C. The van der Waals surface area contributed by atoms with Crippen LogP contribution in [0.5, 0.6) is 0 Å². The van der Waals surface area contributed by atoms with E-state index >= 15 is 0 Å². The van der Waals surface area contributed by atoms with Gasteiger partial charge in [0.05, 0.1) is 16.2 Å². The van der Waals surface area contributed by atoms with E-state index in [-0.39, 0.29) is 0 Å². The zero-order chi connectivity index (χ0) is 13.8. The van der Waals surface area contributed by atoms with Gasteiger partial charge in [0, 0.05) is 12.2 Å². The molecule has 0 radical (unpaired) electrons. The van der Waals surface area contributed by atoms with Crippen LogP contribution in [0.25, 0.3) is 0 Å². The van der Waals surface area contributed by atoms with E-state index in [2.05, 4.69) is 39.3 Å². The van der Waals surface area contributed by atoms with Crippen molar-refractivity contribution in [1.29, 1.82) is 5.26 Å². The van der Waals surface area contributed by atoms with Gasteiger partial charge in [0.25, 0.3) is 0 Å². The number of rotatable bonds is 6. The van der Waals surface area contributed by atoms with Gasteiger partial charge in [-0.25, -0.2) is 0 Å². The van der Waals surface area contributed by atoms with Gasteiger partial charge in [0.15, 0.2) is 0 Å². The molecule has 0 aliphatic carbocycles. The van der Waals surface area contributed by atoms with Gasteiger partial charge in [-0.05, 0) is 63.0 Å². The lowest BCUT2D eigenvalue weighted by Gasteiger charge is -2.20. The number of nitrogens with one attached hydrogen (secondary N) is 1. The summed E-state index contributed by atoms with van der Waals surface area (Å²) < 4.78 is 3.13. The zero-order valence-electron chi connectivity index (χ0n) is 11.5. The highest BCUT2D eigenvalue weighted by Crippen LogP contribution is 2.20. The van der Waals surface area contributed by atoms with Gasteiger partial charge in [-0.2, -0.15) is 10.4 Å². The first-order valence-electron chi connectivity index (χ1n) is 6.23. The van der Waals surface area contributed by atoms with Gasteiger partial charge in [0.2, 0.25) is 0 Å². The molecule has 0 bridgehead atoms. The van der Waals surface area contributed by atoms with Crippen LogP contribution in [0.15, 0.2) is 4.47 Å². The monoisotopic (exact) mass is 312 g/mol. The molecule has 0 saturated carbocycles. The van der Waals surface area contributed by atoms with Gasteiger partial charge in [-0.1, -0.05) is 0 Å². The van der Waals surface area contributed by atoms with E-state index in [1.165, 1.54) is 5.69 Å². The van der Waals surface area contributed by atoms with Crippen molar-refractivity contribution in [3.05, 3.63) is 15.9 Å². The number of unbranched alkanes of at least 4 members (excludes halogenated alkanes) is 1. The van der Waals surface area contributed by atoms with Crippen molar-refractivity contribution in [3.8, 4) is 6.07 Å². The van der Waals surface area contributed by atoms with Crippen LogP contribution in [0.3, 0.4) is 0 Å². The largest absolute Gasteiger partial charge is 0.303 e. The minimum absolute atomic E-state index is 0.407. The smallest absolute Gasteiger partial charge is 0.103 e. The van der Waals surface area contributed by atoms with Crippen LogP contribution < -0.4 is 5.32 Å². The molecular weight excluding hydrogens is 292 g/mol. The molecule has 100 valence electrons. The predicted octanol–water partition coefficient (Wildman–Crippen LogP) is 2.93. The van der Waals surface area contributed by atoms with Crippen LogP contribution >= 0.6 is 15.9 Å². The highest BCUT2D eigenvalue weighted by Gasteiger charge is 2.20. The Kier molecular flexibility index (Phi) is 5.36. The average Bonchev–Trinajstić information content (AvgIpc) is 2.62. The van der Waals surface area contributed by atoms with Gasteiger partial charge in [-0.3, -0.25) is 4.68 Å². The molecule has 0 aromatic carbocycles. The molecule has 1 aromatic rings. The summed E-state index contributed by atoms with van der Waals surface area (Å²) in [7, 11) is 1.83. The van der Waals surface area contributed by atoms with E-state index in [1.807, 2.05) is 25.6 Å². The van der Waals surface area contributed by atoms with Crippen molar-refractivity contribution in [1.82, 2.24) is 15.1 Å². The maximum atomic E-state index is 9.05. The van der Waals surface area contributed by atoms with Crippen LogP contribution in [0, 0.1) is 25.2 Å². The molecule has 0 fully saturated rings. The summed E-state index contributed by atoms with van der Waals surface area (Å²) in [6.45, 7) is 6.91. The van der Waals surface area contributed by atoms with Crippen LogP contribution in [-0.2, 0) is 6.54 Å². The highest BCUT2D eigenvalue weighted by atomic mass is 79.9. The van der Waals surface area contributed by atoms with Gasteiger partial charge in [0.1, 0.15) is 5.54 Å². The van der Waals surface area contributed by atoms with E-state index in [1.54, 1.807) is 0 Å². The van der Waals surface area contributed by atoms with Gasteiger partial charge in [-0.15, -0.1) is 0 Å². The minimum Gasteiger partial charge on any atom is -0.303 e. The standard InChI is InChI=1S/C13H21BrN4/c1-10-12(14)11(2)18(17-10)8-6-5-7-13(3,9-15)16-4/h16H,5-8H2,1-4H3. The first kappa shape index (κ1) is 15.2. The molecule has 0 amide bonds. The molecule has 1 aromatic heterocycles. The molecule has 5 heteroatoms. The zero-order valence-corrected chi connectivity index (χ0v) is 13.1. The topological polar surface area (TPSA) is 53.6 Å². The van der Waals surface area contributed by atoms with E-state index in [9.17, 15) is 0 Å². The molecule has 1 unspecified atom stereocenters. The van der Waals surface area contributed by atoms with Gasteiger partial charge < -0.3 is 5.32 Å². The third kappa shape index (κ3) is 3.56. The molecule has 0 saturated heterocycles. The first-order chi connectivity index (χ1) is 8.43. The fraction of sp³-hybridized carbons (Fsp3) is 0.692. The summed E-state index contributed by atoms with van der Waals surface area (Å²) >= 11 is 3.53. The molecule has 0 spiro atoms. The summed E-state index contributed by atoms with van der Waals surface area (Å²) in [5.41, 5.74) is 1.80. The van der Waals surface area contributed by atoms with Crippen LogP contribution in [0.1, 0.15) is 37.6 Å². The molecule has 1 N–H and O–H groups in total. The maximum Gasteiger partial charge on any atom is 0.103 e. The number of aromatic nitrogens is 2. The Bertz CT molecular complexity index is 447. The second kappa shape index (κ2) is 6.35. The molecule has 1 heterocycles. The lowest BCUT2D eigenvalue weighted by atomic mass is 9.97. The Morgan fingerprint density at radius 1 is 1.44 bits per heavy atom. The molecule has 0 aliphatic heterocycles. The molecule has 0 aliphatic rings. The van der Waals surface area contributed by atoms with Crippen molar-refractivity contribution >= 4 is 15.9 Å². The maximum absolute atomic E-state index is 9.05. The normalized spacial score (nSPS) is 14.2. The van der Waals surface area contributed by atoms with Crippen molar-refractivity contribution in [2.45, 2.75) is 52.1 Å². The fourth-order valence-corrected chi connectivity index (χ4v) is 2.15. The lowest BCUT2D eigenvalue weighted by molar-refractivity contribution is 0.418. The Morgan fingerprint density at radius 3 is 2.56 bits per heavy atom.